The third-order valence-corrected chi connectivity index (χ3v) is 4.63. The Labute approximate surface area is 156 Å². The molecular weight excluding hydrogens is 408 g/mol. The van der Waals surface area contributed by atoms with Crippen LogP contribution in [0.2, 0.25) is 0 Å². The number of hydrogen-bond acceptors (Lipinski definition) is 3. The lowest BCUT2D eigenvalue weighted by Crippen LogP contribution is -2.24. The van der Waals surface area contributed by atoms with Crippen molar-refractivity contribution in [2.24, 2.45) is 0 Å². The SMILES string of the molecule is O=C(NCCCCc1n[nH]c2c(F)c(F)c(Br)cc12)c1ccccc1O. The summed E-state index contributed by atoms with van der Waals surface area (Å²) in [6.07, 6.45) is 1.94. The predicted molar refractivity (Wildman–Crippen MR) is 97.1 cm³/mol. The van der Waals surface area contributed by atoms with Crippen LogP contribution in [-0.4, -0.2) is 27.8 Å². The van der Waals surface area contributed by atoms with Crippen molar-refractivity contribution in [3.8, 4) is 5.75 Å². The monoisotopic (exact) mass is 423 g/mol. The second-order valence-electron chi connectivity index (χ2n) is 5.81. The number of nitrogens with zero attached hydrogens (tertiary/aromatic N) is 1. The number of aromatic hydroxyl groups is 1. The van der Waals surface area contributed by atoms with Crippen LogP contribution < -0.4 is 5.32 Å². The van der Waals surface area contributed by atoms with Gasteiger partial charge in [0.1, 0.15) is 11.3 Å². The first-order valence-corrected chi connectivity index (χ1v) is 8.85. The summed E-state index contributed by atoms with van der Waals surface area (Å²) in [5.74, 6) is -2.30. The Bertz CT molecular complexity index is 959. The molecule has 0 bridgehead atoms. The van der Waals surface area contributed by atoms with E-state index < -0.39 is 11.6 Å². The summed E-state index contributed by atoms with van der Waals surface area (Å²) in [5.41, 5.74) is 0.924. The number of fused-ring (bicyclic) bond motifs is 1. The van der Waals surface area contributed by atoms with Crippen LogP contribution in [0.3, 0.4) is 0 Å². The van der Waals surface area contributed by atoms with Crippen molar-refractivity contribution in [2.75, 3.05) is 6.54 Å². The number of nitrogens with one attached hydrogen (secondary N) is 2. The molecule has 3 aromatic rings. The molecule has 0 unspecified atom stereocenters. The number of hydrogen-bond donors (Lipinski definition) is 3. The number of benzene rings is 2. The van der Waals surface area contributed by atoms with Crippen molar-refractivity contribution in [1.82, 2.24) is 15.5 Å². The molecule has 0 aliphatic carbocycles. The van der Waals surface area contributed by atoms with Gasteiger partial charge >= 0.3 is 0 Å². The highest BCUT2D eigenvalue weighted by molar-refractivity contribution is 9.10. The number of para-hydroxylation sites is 1. The van der Waals surface area contributed by atoms with E-state index in [1.807, 2.05) is 0 Å². The number of halogens is 3. The Balaban J connectivity index is 1.54. The maximum Gasteiger partial charge on any atom is 0.255 e. The van der Waals surface area contributed by atoms with Gasteiger partial charge in [-0.15, -0.1) is 0 Å². The lowest BCUT2D eigenvalue weighted by atomic mass is 10.1. The van der Waals surface area contributed by atoms with Gasteiger partial charge in [-0.1, -0.05) is 12.1 Å². The maximum atomic E-state index is 13.9. The second-order valence-corrected chi connectivity index (χ2v) is 6.66. The van der Waals surface area contributed by atoms with Gasteiger partial charge in [-0.2, -0.15) is 5.10 Å². The first kappa shape index (κ1) is 18.3. The van der Waals surface area contributed by atoms with Crippen LogP contribution in [0.4, 0.5) is 8.78 Å². The van der Waals surface area contributed by atoms with Gasteiger partial charge in [0.2, 0.25) is 0 Å². The summed E-state index contributed by atoms with van der Waals surface area (Å²) in [5, 5.41) is 19.5. The fourth-order valence-electron chi connectivity index (χ4n) is 2.69. The summed E-state index contributed by atoms with van der Waals surface area (Å²) in [6, 6.07) is 7.83. The van der Waals surface area contributed by atoms with E-state index >= 15 is 0 Å². The lowest BCUT2D eigenvalue weighted by Gasteiger charge is -2.06. The van der Waals surface area contributed by atoms with Gasteiger partial charge in [0.15, 0.2) is 11.6 Å². The summed E-state index contributed by atoms with van der Waals surface area (Å²) in [6.45, 7) is 0.433. The number of amides is 1. The minimum atomic E-state index is -0.956. The smallest absolute Gasteiger partial charge is 0.255 e. The van der Waals surface area contributed by atoms with E-state index in [4.69, 9.17) is 0 Å². The predicted octanol–water partition coefficient (Wildman–Crippen LogP) is 4.06. The van der Waals surface area contributed by atoms with E-state index in [0.29, 0.717) is 36.9 Å². The summed E-state index contributed by atoms with van der Waals surface area (Å²) in [7, 11) is 0. The normalized spacial score (nSPS) is 11.0. The molecule has 0 atom stereocenters. The summed E-state index contributed by atoms with van der Waals surface area (Å²) in [4.78, 5) is 12.0. The number of phenolic OH excluding ortho intramolecular Hbond substituents is 1. The molecule has 3 rings (SSSR count). The van der Waals surface area contributed by atoms with Crippen LogP contribution in [0.1, 0.15) is 28.9 Å². The second kappa shape index (κ2) is 7.82. The van der Waals surface area contributed by atoms with Crippen molar-refractivity contribution in [3.63, 3.8) is 0 Å². The number of H-pyrrole nitrogens is 1. The molecule has 1 aromatic heterocycles. The van der Waals surface area contributed by atoms with Crippen LogP contribution in [-0.2, 0) is 6.42 Å². The lowest BCUT2D eigenvalue weighted by molar-refractivity contribution is 0.0950. The summed E-state index contributed by atoms with van der Waals surface area (Å²) >= 11 is 3.00. The zero-order chi connectivity index (χ0) is 18.7. The fraction of sp³-hybridized carbons (Fsp3) is 0.222. The number of rotatable bonds is 6. The van der Waals surface area contributed by atoms with Gasteiger partial charge in [0.05, 0.1) is 15.7 Å². The molecule has 8 heteroatoms. The molecule has 5 nitrogen and oxygen atoms in total. The number of unbranched alkanes of at least 4 members (excludes halogenated alkanes) is 1. The van der Waals surface area contributed by atoms with Gasteiger partial charge in [0.25, 0.3) is 5.91 Å². The Morgan fingerprint density at radius 3 is 2.77 bits per heavy atom. The van der Waals surface area contributed by atoms with E-state index in [9.17, 15) is 18.7 Å². The van der Waals surface area contributed by atoms with Crippen LogP contribution in [0.15, 0.2) is 34.8 Å². The topological polar surface area (TPSA) is 78.0 Å². The highest BCUT2D eigenvalue weighted by atomic mass is 79.9. The zero-order valence-electron chi connectivity index (χ0n) is 13.7. The first-order valence-electron chi connectivity index (χ1n) is 8.05. The van der Waals surface area contributed by atoms with E-state index in [-0.39, 0.29) is 27.2 Å². The van der Waals surface area contributed by atoms with Crippen LogP contribution in [0.25, 0.3) is 10.9 Å². The molecule has 0 fully saturated rings. The van der Waals surface area contributed by atoms with Crippen LogP contribution in [0.5, 0.6) is 5.75 Å². The minimum absolute atomic E-state index is 0.0496. The van der Waals surface area contributed by atoms with E-state index in [1.165, 1.54) is 12.1 Å². The molecule has 2 aromatic carbocycles. The van der Waals surface area contributed by atoms with Crippen molar-refractivity contribution in [3.05, 3.63) is 57.7 Å². The third-order valence-electron chi connectivity index (χ3n) is 4.05. The van der Waals surface area contributed by atoms with Gasteiger partial charge in [-0.25, -0.2) is 8.78 Å². The van der Waals surface area contributed by atoms with E-state index in [0.717, 1.165) is 0 Å². The maximum absolute atomic E-state index is 13.9. The number of carbonyl (C=O) groups is 1. The fourth-order valence-corrected chi connectivity index (χ4v) is 3.09. The molecule has 0 aliphatic heterocycles. The molecule has 3 N–H and O–H groups in total. The highest BCUT2D eigenvalue weighted by Gasteiger charge is 2.16. The molecule has 0 aliphatic rings. The molecule has 1 heterocycles. The Morgan fingerprint density at radius 1 is 1.23 bits per heavy atom. The van der Waals surface area contributed by atoms with Crippen molar-refractivity contribution >= 4 is 32.7 Å². The first-order chi connectivity index (χ1) is 12.5. The Morgan fingerprint density at radius 2 is 2.00 bits per heavy atom. The largest absolute Gasteiger partial charge is 0.507 e. The minimum Gasteiger partial charge on any atom is -0.507 e. The third kappa shape index (κ3) is 3.70. The Hall–Kier alpha value is -2.48. The standard InChI is InChI=1S/C18H16BrF2N3O2/c19-12-9-11-13(23-24-17(11)16(21)15(12)20)6-3-4-8-22-18(26)10-5-1-2-7-14(10)25/h1-2,5,7,9,25H,3-4,6,8H2,(H,22,26)(H,23,24). The number of carbonyl (C=O) groups excluding carboxylic acids is 1. The van der Waals surface area contributed by atoms with Crippen LogP contribution in [0, 0.1) is 11.6 Å². The number of phenols is 1. The molecule has 26 heavy (non-hydrogen) atoms. The van der Waals surface area contributed by atoms with Crippen molar-refractivity contribution in [1.29, 1.82) is 0 Å². The van der Waals surface area contributed by atoms with Crippen molar-refractivity contribution < 1.29 is 18.7 Å². The van der Waals surface area contributed by atoms with Gasteiger partial charge in [-0.05, 0) is 53.4 Å². The van der Waals surface area contributed by atoms with Gasteiger partial charge in [-0.3, -0.25) is 9.89 Å². The molecule has 0 radical (unpaired) electrons. The Kier molecular flexibility index (Phi) is 5.51. The van der Waals surface area contributed by atoms with Crippen LogP contribution >= 0.6 is 15.9 Å². The van der Waals surface area contributed by atoms with Gasteiger partial charge in [0, 0.05) is 11.9 Å². The average Bonchev–Trinajstić information content (AvgIpc) is 3.02. The molecule has 0 spiro atoms. The number of aromatic nitrogens is 2. The number of aromatic amines is 1. The molecule has 1 amide bonds. The molecule has 0 saturated carbocycles. The average molecular weight is 424 g/mol. The molecular formula is C18H16BrF2N3O2. The van der Waals surface area contributed by atoms with Gasteiger partial charge < -0.3 is 10.4 Å². The zero-order valence-corrected chi connectivity index (χ0v) is 15.2. The quantitative estimate of drug-likeness (QED) is 0.413. The summed E-state index contributed by atoms with van der Waals surface area (Å²) < 4.78 is 27.4. The van der Waals surface area contributed by atoms with Crippen molar-refractivity contribution in [2.45, 2.75) is 19.3 Å². The molecule has 136 valence electrons. The van der Waals surface area contributed by atoms with E-state index in [1.54, 1.807) is 18.2 Å². The number of aryl methyl sites for hydroxylation is 1. The van der Waals surface area contributed by atoms with E-state index in [2.05, 4.69) is 31.4 Å². The molecule has 0 saturated heterocycles. The highest BCUT2D eigenvalue weighted by Crippen LogP contribution is 2.28.